The number of esters is 1. The molecule has 33 heavy (non-hydrogen) atoms. The van der Waals surface area contributed by atoms with Gasteiger partial charge in [-0.15, -0.1) is 0 Å². The Morgan fingerprint density at radius 2 is 1.58 bits per heavy atom. The standard InChI is InChI=1S/C23H20N4O6/c1-2-33-23(30)15-11-17(25-21(28)14-6-5-7-16(24)10-14)13-18(12-15)26-22(29)19-8-3-4-9-20(19)27(31)32/h3-13H,2,24H2,1H3,(H,25,28)(H,26,29). The van der Waals surface area contributed by atoms with Crippen molar-refractivity contribution in [1.29, 1.82) is 0 Å². The number of para-hydroxylation sites is 1. The maximum Gasteiger partial charge on any atom is 0.338 e. The van der Waals surface area contributed by atoms with Crippen molar-refractivity contribution in [2.24, 2.45) is 0 Å². The van der Waals surface area contributed by atoms with Gasteiger partial charge in [0.05, 0.1) is 17.1 Å². The van der Waals surface area contributed by atoms with Crippen molar-refractivity contribution in [3.8, 4) is 0 Å². The van der Waals surface area contributed by atoms with E-state index in [0.717, 1.165) is 0 Å². The van der Waals surface area contributed by atoms with Gasteiger partial charge in [-0.1, -0.05) is 18.2 Å². The van der Waals surface area contributed by atoms with E-state index in [1.54, 1.807) is 25.1 Å². The molecule has 2 amide bonds. The van der Waals surface area contributed by atoms with Gasteiger partial charge in [0.25, 0.3) is 17.5 Å². The molecule has 0 heterocycles. The second-order valence-corrected chi connectivity index (χ2v) is 6.83. The van der Waals surface area contributed by atoms with Gasteiger partial charge in [-0.3, -0.25) is 19.7 Å². The normalized spacial score (nSPS) is 10.2. The second-order valence-electron chi connectivity index (χ2n) is 6.83. The number of hydrogen-bond donors (Lipinski definition) is 3. The first-order valence-electron chi connectivity index (χ1n) is 9.82. The van der Waals surface area contributed by atoms with Crippen molar-refractivity contribution < 1.29 is 24.0 Å². The molecule has 0 fully saturated rings. The van der Waals surface area contributed by atoms with Gasteiger partial charge in [0, 0.05) is 28.7 Å². The third-order valence-electron chi connectivity index (χ3n) is 4.45. The van der Waals surface area contributed by atoms with Crippen LogP contribution in [0.3, 0.4) is 0 Å². The van der Waals surface area contributed by atoms with Crippen molar-refractivity contribution in [2.45, 2.75) is 6.92 Å². The van der Waals surface area contributed by atoms with Crippen LogP contribution in [0.4, 0.5) is 22.7 Å². The van der Waals surface area contributed by atoms with E-state index in [9.17, 15) is 24.5 Å². The van der Waals surface area contributed by atoms with Crippen LogP contribution in [0.5, 0.6) is 0 Å². The first-order valence-corrected chi connectivity index (χ1v) is 9.82. The molecule has 10 nitrogen and oxygen atoms in total. The van der Waals surface area contributed by atoms with Crippen molar-refractivity contribution in [3.63, 3.8) is 0 Å². The molecule has 0 aliphatic rings. The maximum atomic E-state index is 12.7. The molecule has 0 atom stereocenters. The SMILES string of the molecule is CCOC(=O)c1cc(NC(=O)c2cccc(N)c2)cc(NC(=O)c2ccccc2[N+](=O)[O-])c1. The predicted octanol–water partition coefficient (Wildman–Crippen LogP) is 3.86. The summed E-state index contributed by atoms with van der Waals surface area (Å²) in [5.74, 6) is -1.91. The lowest BCUT2D eigenvalue weighted by Crippen LogP contribution is -2.16. The molecule has 0 unspecified atom stereocenters. The van der Waals surface area contributed by atoms with Crippen molar-refractivity contribution in [2.75, 3.05) is 23.0 Å². The van der Waals surface area contributed by atoms with Crippen LogP contribution in [-0.2, 0) is 4.74 Å². The highest BCUT2D eigenvalue weighted by molar-refractivity contribution is 6.09. The van der Waals surface area contributed by atoms with Gasteiger partial charge in [-0.05, 0) is 49.4 Å². The number of carbonyl (C=O) groups excluding carboxylic acids is 3. The van der Waals surface area contributed by atoms with Crippen LogP contribution in [0.2, 0.25) is 0 Å². The summed E-state index contributed by atoms with van der Waals surface area (Å²) in [6.07, 6.45) is 0. The third-order valence-corrected chi connectivity index (χ3v) is 4.45. The number of nitrogens with zero attached hydrogens (tertiary/aromatic N) is 1. The summed E-state index contributed by atoms with van der Waals surface area (Å²) >= 11 is 0. The molecular weight excluding hydrogens is 428 g/mol. The highest BCUT2D eigenvalue weighted by Gasteiger charge is 2.20. The van der Waals surface area contributed by atoms with Crippen molar-refractivity contribution >= 4 is 40.5 Å². The van der Waals surface area contributed by atoms with Crippen LogP contribution in [0.15, 0.2) is 66.7 Å². The van der Waals surface area contributed by atoms with Gasteiger partial charge < -0.3 is 21.1 Å². The van der Waals surface area contributed by atoms with Gasteiger partial charge in [-0.2, -0.15) is 0 Å². The fourth-order valence-electron chi connectivity index (χ4n) is 3.01. The molecule has 3 aromatic rings. The summed E-state index contributed by atoms with van der Waals surface area (Å²) in [5, 5.41) is 16.4. The average molecular weight is 448 g/mol. The summed E-state index contributed by atoms with van der Waals surface area (Å²) in [7, 11) is 0. The van der Waals surface area contributed by atoms with Crippen LogP contribution in [0, 0.1) is 10.1 Å². The molecule has 168 valence electrons. The van der Waals surface area contributed by atoms with Crippen molar-refractivity contribution in [1.82, 2.24) is 0 Å². The Bertz CT molecular complexity index is 1240. The number of nitro groups is 1. The zero-order valence-corrected chi connectivity index (χ0v) is 17.5. The van der Waals surface area contributed by atoms with E-state index in [-0.39, 0.29) is 34.8 Å². The molecular formula is C23H20N4O6. The molecule has 0 radical (unpaired) electrons. The number of ether oxygens (including phenoxy) is 1. The molecule has 4 N–H and O–H groups in total. The maximum absolute atomic E-state index is 12.7. The summed E-state index contributed by atoms with van der Waals surface area (Å²) in [5.41, 5.74) is 6.29. The third kappa shape index (κ3) is 5.70. The minimum atomic E-state index is -0.753. The molecule has 10 heteroatoms. The van der Waals surface area contributed by atoms with Gasteiger partial charge in [0.15, 0.2) is 0 Å². The van der Waals surface area contributed by atoms with Crippen LogP contribution < -0.4 is 16.4 Å². The van der Waals surface area contributed by atoms with Gasteiger partial charge in [0.1, 0.15) is 5.56 Å². The molecule has 0 saturated heterocycles. The predicted molar refractivity (Wildman–Crippen MR) is 122 cm³/mol. The van der Waals surface area contributed by atoms with Crippen LogP contribution in [0.25, 0.3) is 0 Å². The molecule has 0 aliphatic carbocycles. The molecule has 3 aromatic carbocycles. The van der Waals surface area contributed by atoms with Gasteiger partial charge in [-0.25, -0.2) is 4.79 Å². The fourth-order valence-corrected chi connectivity index (χ4v) is 3.01. The van der Waals surface area contributed by atoms with E-state index >= 15 is 0 Å². The first-order chi connectivity index (χ1) is 15.8. The molecule has 0 saturated carbocycles. The highest BCUT2D eigenvalue weighted by Crippen LogP contribution is 2.24. The lowest BCUT2D eigenvalue weighted by Gasteiger charge is -2.12. The number of nitro benzene ring substituents is 1. The summed E-state index contributed by atoms with van der Waals surface area (Å²) in [4.78, 5) is 48.2. The minimum Gasteiger partial charge on any atom is -0.462 e. The van der Waals surface area contributed by atoms with E-state index in [4.69, 9.17) is 10.5 Å². The number of anilines is 3. The smallest absolute Gasteiger partial charge is 0.338 e. The number of hydrogen-bond acceptors (Lipinski definition) is 7. The Kier molecular flexibility index (Phi) is 6.99. The zero-order valence-electron chi connectivity index (χ0n) is 17.5. The second kappa shape index (κ2) is 10.1. The Morgan fingerprint density at radius 3 is 2.21 bits per heavy atom. The Morgan fingerprint density at radius 1 is 0.909 bits per heavy atom. The van der Waals surface area contributed by atoms with Crippen molar-refractivity contribution in [3.05, 3.63) is 93.5 Å². The minimum absolute atomic E-state index is 0.0695. The molecule has 0 aliphatic heterocycles. The van der Waals surface area contributed by atoms with Gasteiger partial charge >= 0.3 is 5.97 Å². The summed E-state index contributed by atoms with van der Waals surface area (Å²) in [6.45, 7) is 1.76. The van der Waals surface area contributed by atoms with Gasteiger partial charge in [0.2, 0.25) is 0 Å². The quantitative estimate of drug-likeness (QED) is 0.215. The lowest BCUT2D eigenvalue weighted by atomic mass is 10.1. The number of amides is 2. The lowest BCUT2D eigenvalue weighted by molar-refractivity contribution is -0.385. The number of benzene rings is 3. The number of nitrogens with one attached hydrogen (secondary N) is 2. The molecule has 0 aromatic heterocycles. The molecule has 0 spiro atoms. The van der Waals surface area contributed by atoms with E-state index in [1.807, 2.05) is 0 Å². The monoisotopic (exact) mass is 448 g/mol. The Labute approximate surface area is 188 Å². The largest absolute Gasteiger partial charge is 0.462 e. The molecule has 0 bridgehead atoms. The number of nitrogen functional groups attached to an aromatic ring is 1. The van der Waals surface area contributed by atoms with Crippen LogP contribution in [0.1, 0.15) is 38.0 Å². The Hall–Kier alpha value is -4.73. The fraction of sp³-hybridized carbons (Fsp3) is 0.0870. The zero-order chi connectivity index (χ0) is 24.0. The van der Waals surface area contributed by atoms with E-state index in [0.29, 0.717) is 11.3 Å². The summed E-state index contributed by atoms with van der Waals surface area (Å²) in [6, 6.07) is 15.9. The van der Waals surface area contributed by atoms with E-state index in [1.165, 1.54) is 48.5 Å². The summed E-state index contributed by atoms with van der Waals surface area (Å²) < 4.78 is 5.01. The number of nitrogens with two attached hydrogens (primary N) is 1. The van der Waals surface area contributed by atoms with Crippen LogP contribution >= 0.6 is 0 Å². The van der Waals surface area contributed by atoms with E-state index < -0.39 is 22.7 Å². The molecule has 3 rings (SSSR count). The average Bonchev–Trinajstić information content (AvgIpc) is 2.79. The highest BCUT2D eigenvalue weighted by atomic mass is 16.6. The number of carbonyl (C=O) groups is 3. The number of rotatable bonds is 7. The first kappa shape index (κ1) is 22.9. The van der Waals surface area contributed by atoms with Crippen LogP contribution in [-0.4, -0.2) is 29.3 Å². The Balaban J connectivity index is 1.93. The topological polar surface area (TPSA) is 154 Å². The van der Waals surface area contributed by atoms with E-state index in [2.05, 4.69) is 10.6 Å².